The van der Waals surface area contributed by atoms with Gasteiger partial charge in [-0.05, 0) is 24.4 Å². The van der Waals surface area contributed by atoms with Crippen molar-refractivity contribution in [3.63, 3.8) is 0 Å². The van der Waals surface area contributed by atoms with E-state index in [1.807, 2.05) is 30.3 Å². The molecule has 1 aromatic carbocycles. The normalized spacial score (nSPS) is 28.5. The van der Waals surface area contributed by atoms with Crippen LogP contribution in [0.3, 0.4) is 0 Å². The Morgan fingerprint density at radius 2 is 1.79 bits per heavy atom. The van der Waals surface area contributed by atoms with Crippen LogP contribution in [0.5, 0.6) is 0 Å². The van der Waals surface area contributed by atoms with Gasteiger partial charge >= 0.3 is 6.09 Å². The van der Waals surface area contributed by atoms with E-state index in [0.29, 0.717) is 0 Å². The van der Waals surface area contributed by atoms with E-state index in [-0.39, 0.29) is 11.6 Å². The van der Waals surface area contributed by atoms with E-state index in [9.17, 15) is 15.2 Å². The number of carbonyl (C=O) groups is 1. The summed E-state index contributed by atoms with van der Waals surface area (Å²) in [6.45, 7) is 14.3. The molecule has 0 bridgehead atoms. The molecule has 2 saturated heterocycles. The van der Waals surface area contributed by atoms with Crippen LogP contribution in [0.25, 0.3) is 0 Å². The first kappa shape index (κ1) is 25.7. The van der Waals surface area contributed by atoms with Gasteiger partial charge in [0.15, 0.2) is 5.79 Å². The molecule has 0 aliphatic carbocycles. The predicted molar refractivity (Wildman–Crippen MR) is 125 cm³/mol. The zero-order valence-corrected chi connectivity index (χ0v) is 21.5. The van der Waals surface area contributed by atoms with E-state index in [1.165, 1.54) is 0 Å². The van der Waals surface area contributed by atoms with Gasteiger partial charge in [0, 0.05) is 0 Å². The maximum Gasteiger partial charge on any atom is 0.408 e. The van der Waals surface area contributed by atoms with Crippen LogP contribution in [0.1, 0.15) is 40.2 Å². The number of nitrogens with one attached hydrogen (secondary N) is 1. The lowest BCUT2D eigenvalue weighted by molar-refractivity contribution is -0.194. The molecular formula is C24H36N2O6Si. The topological polar surface area (TPSA) is 110 Å². The fourth-order valence-corrected chi connectivity index (χ4v) is 6.09. The van der Waals surface area contributed by atoms with Crippen molar-refractivity contribution >= 4 is 14.2 Å². The van der Waals surface area contributed by atoms with E-state index in [4.69, 9.17) is 18.9 Å². The van der Waals surface area contributed by atoms with E-state index in [0.717, 1.165) is 5.56 Å². The van der Waals surface area contributed by atoms with Crippen molar-refractivity contribution in [1.29, 1.82) is 5.26 Å². The third-order valence-electron chi connectivity index (χ3n) is 7.06. The molecule has 3 rings (SSSR count). The lowest BCUT2D eigenvalue weighted by Crippen LogP contribution is -2.57. The zero-order valence-electron chi connectivity index (χ0n) is 20.5. The van der Waals surface area contributed by atoms with E-state index >= 15 is 0 Å². The molecule has 2 fully saturated rings. The average molecular weight is 477 g/mol. The minimum Gasteiger partial charge on any atom is -0.445 e. The maximum atomic E-state index is 12.4. The fraction of sp³-hybridized carbons (Fsp3) is 0.667. The highest BCUT2D eigenvalue weighted by molar-refractivity contribution is 6.81. The van der Waals surface area contributed by atoms with E-state index in [2.05, 4.69) is 45.3 Å². The average Bonchev–Trinajstić information content (AvgIpc) is 3.22. The van der Waals surface area contributed by atoms with Crippen LogP contribution >= 0.6 is 0 Å². The number of hydrogen-bond acceptors (Lipinski definition) is 7. The lowest BCUT2D eigenvalue weighted by atomic mass is 10.0. The molecule has 2 N–H and O–H groups in total. The Morgan fingerprint density at radius 3 is 2.33 bits per heavy atom. The van der Waals surface area contributed by atoms with Crippen molar-refractivity contribution in [2.24, 2.45) is 0 Å². The Labute approximate surface area is 197 Å². The molecule has 2 unspecified atom stereocenters. The molecule has 9 heteroatoms. The Morgan fingerprint density at radius 1 is 1.21 bits per heavy atom. The van der Waals surface area contributed by atoms with Crippen molar-refractivity contribution in [2.45, 2.75) is 101 Å². The summed E-state index contributed by atoms with van der Waals surface area (Å²) in [5.74, 6) is -0.892. The Bertz CT molecular complexity index is 879. The highest BCUT2D eigenvalue weighted by atomic mass is 28.3. The molecule has 8 nitrogen and oxygen atoms in total. The third-order valence-corrected chi connectivity index (χ3v) is 12.7. The Kier molecular flexibility index (Phi) is 7.27. The first-order chi connectivity index (χ1) is 15.3. The van der Waals surface area contributed by atoms with Gasteiger partial charge in [0.1, 0.15) is 37.1 Å². The Hall–Kier alpha value is -1.96. The molecule has 0 radical (unpaired) electrons. The summed E-state index contributed by atoms with van der Waals surface area (Å²) in [6.07, 6.45) is -3.36. The van der Waals surface area contributed by atoms with Crippen LogP contribution in [0.15, 0.2) is 30.3 Å². The second kappa shape index (κ2) is 9.35. The smallest absolute Gasteiger partial charge is 0.408 e. The highest BCUT2D eigenvalue weighted by Gasteiger charge is 2.61. The number of amides is 1. The molecule has 0 spiro atoms. The second-order valence-corrected chi connectivity index (χ2v) is 16.4. The SMILES string of the molecule is CC1(C)O[C@@H]2[C@H](O1)[C@@H](C(O)[Si](C)(C)C(C)(C)C)O[C@H]2C(C#N)NC(=O)OCc1ccccc1. The van der Waals surface area contributed by atoms with Gasteiger partial charge in [0.2, 0.25) is 0 Å². The molecule has 0 saturated carbocycles. The fourth-order valence-electron chi connectivity index (χ4n) is 4.12. The molecule has 1 aromatic rings. The van der Waals surface area contributed by atoms with Gasteiger partial charge in [-0.3, -0.25) is 0 Å². The van der Waals surface area contributed by atoms with Gasteiger partial charge in [-0.15, -0.1) is 0 Å². The van der Waals surface area contributed by atoms with Crippen LogP contribution < -0.4 is 5.32 Å². The van der Waals surface area contributed by atoms with Crippen LogP contribution in [0.4, 0.5) is 4.79 Å². The summed E-state index contributed by atoms with van der Waals surface area (Å²) in [4.78, 5) is 12.4. The van der Waals surface area contributed by atoms with Gasteiger partial charge in [-0.2, -0.15) is 5.26 Å². The van der Waals surface area contributed by atoms with Crippen molar-refractivity contribution in [2.75, 3.05) is 0 Å². The first-order valence-corrected chi connectivity index (χ1v) is 14.4. The number of fused-ring (bicyclic) bond motifs is 1. The summed E-state index contributed by atoms with van der Waals surface area (Å²) in [7, 11) is -2.24. The maximum absolute atomic E-state index is 12.4. The van der Waals surface area contributed by atoms with E-state index in [1.54, 1.807) is 13.8 Å². The molecule has 182 valence electrons. The zero-order chi connectivity index (χ0) is 24.6. The standard InChI is InChI=1S/C24H36N2O6Si/c1-23(2,3)33(6,7)21(27)20-19-18(31-24(4,5)32-19)17(30-20)16(13-25)26-22(28)29-14-15-11-9-8-10-12-15/h8-12,16-21,27H,14H2,1-7H3,(H,26,28)/t16?,17-,18-,19-,20-,21?/m0/s1. The number of nitrogens with zero attached hydrogens (tertiary/aromatic N) is 1. The number of alkyl carbamates (subject to hydrolysis) is 1. The molecule has 2 heterocycles. The van der Waals surface area contributed by atoms with Gasteiger partial charge < -0.3 is 29.4 Å². The minimum absolute atomic E-state index is 0.0851. The monoisotopic (exact) mass is 476 g/mol. The molecule has 2 aliphatic rings. The van der Waals surface area contributed by atoms with Crippen LogP contribution in [0.2, 0.25) is 18.1 Å². The van der Waals surface area contributed by atoms with Crippen LogP contribution in [0, 0.1) is 11.3 Å². The van der Waals surface area contributed by atoms with Crippen molar-refractivity contribution < 1.29 is 28.8 Å². The number of rotatable bonds is 6. The van der Waals surface area contributed by atoms with Gasteiger partial charge in [-0.1, -0.05) is 64.2 Å². The molecule has 0 aromatic heterocycles. The number of nitriles is 1. The Balaban J connectivity index is 1.75. The van der Waals surface area contributed by atoms with Crippen molar-refractivity contribution in [3.05, 3.63) is 35.9 Å². The predicted octanol–water partition coefficient (Wildman–Crippen LogP) is 3.50. The molecular weight excluding hydrogens is 440 g/mol. The minimum atomic E-state index is -2.24. The summed E-state index contributed by atoms with van der Waals surface area (Å²) in [5, 5.41) is 23.7. The quantitative estimate of drug-likeness (QED) is 0.605. The molecule has 1 amide bonds. The third kappa shape index (κ3) is 5.41. The van der Waals surface area contributed by atoms with Gasteiger partial charge in [0.05, 0.1) is 19.9 Å². The first-order valence-electron chi connectivity index (χ1n) is 11.3. The van der Waals surface area contributed by atoms with E-state index < -0.39 is 56.1 Å². The van der Waals surface area contributed by atoms with Gasteiger partial charge in [-0.25, -0.2) is 4.79 Å². The van der Waals surface area contributed by atoms with Crippen molar-refractivity contribution in [3.8, 4) is 6.07 Å². The van der Waals surface area contributed by atoms with Crippen LogP contribution in [-0.4, -0.2) is 61.2 Å². The summed E-state index contributed by atoms with van der Waals surface area (Å²) in [5.41, 5.74) is 0.0852. The van der Waals surface area contributed by atoms with Crippen molar-refractivity contribution in [1.82, 2.24) is 5.32 Å². The summed E-state index contributed by atoms with van der Waals surface area (Å²) >= 11 is 0. The number of hydrogen-bond donors (Lipinski definition) is 2. The highest BCUT2D eigenvalue weighted by Crippen LogP contribution is 2.46. The summed E-state index contributed by atoms with van der Waals surface area (Å²) in [6, 6.07) is 10.3. The molecule has 6 atom stereocenters. The molecule has 2 aliphatic heterocycles. The number of benzene rings is 1. The number of carbonyl (C=O) groups excluding carboxylic acids is 1. The largest absolute Gasteiger partial charge is 0.445 e. The second-order valence-electron chi connectivity index (χ2n) is 10.9. The number of aliphatic hydroxyl groups excluding tert-OH is 1. The number of ether oxygens (including phenoxy) is 4. The molecule has 33 heavy (non-hydrogen) atoms. The van der Waals surface area contributed by atoms with Crippen LogP contribution in [-0.2, 0) is 25.6 Å². The summed E-state index contributed by atoms with van der Waals surface area (Å²) < 4.78 is 23.7. The van der Waals surface area contributed by atoms with Gasteiger partial charge in [0.25, 0.3) is 0 Å². The lowest BCUT2D eigenvalue weighted by Gasteiger charge is -2.43. The number of aliphatic hydroxyl groups is 1.